The van der Waals surface area contributed by atoms with Gasteiger partial charge in [0.2, 0.25) is 0 Å². The van der Waals surface area contributed by atoms with Gasteiger partial charge in [-0.3, -0.25) is 4.79 Å². The molecule has 1 N–H and O–H groups in total. The number of carbonyl (C=O) groups excluding carboxylic acids is 1. The molecule has 1 aliphatic carbocycles. The van der Waals surface area contributed by atoms with Crippen molar-refractivity contribution in [2.75, 3.05) is 0 Å². The average Bonchev–Trinajstić information content (AvgIpc) is 2.94. The highest BCUT2D eigenvalue weighted by Gasteiger charge is 2.35. The largest absolute Gasteiger partial charge is 0.357 e. The van der Waals surface area contributed by atoms with E-state index in [0.29, 0.717) is 6.42 Å². The first kappa shape index (κ1) is 14.9. The zero-order valence-corrected chi connectivity index (χ0v) is 14.1. The van der Waals surface area contributed by atoms with Gasteiger partial charge in [0.05, 0.1) is 5.69 Å². The first-order chi connectivity index (χ1) is 11.6. The molecule has 2 nitrogen and oxygen atoms in total. The van der Waals surface area contributed by atoms with E-state index in [-0.39, 0.29) is 11.2 Å². The van der Waals surface area contributed by atoms with Crippen LogP contribution in [0.25, 0.3) is 22.4 Å². The molecule has 2 aromatic carbocycles. The molecule has 2 heteroatoms. The number of hydrogen-bond donors (Lipinski definition) is 1. The second-order valence-corrected chi connectivity index (χ2v) is 7.40. The molecule has 0 unspecified atom stereocenters. The topological polar surface area (TPSA) is 32.9 Å². The molecule has 1 aromatic heterocycles. The summed E-state index contributed by atoms with van der Waals surface area (Å²) < 4.78 is 0. The number of aromatic amines is 1. The maximum Gasteiger partial charge on any atom is 0.165 e. The molecule has 0 spiro atoms. The Morgan fingerprint density at radius 3 is 2.00 bits per heavy atom. The number of rotatable bonds is 2. The third-order valence-corrected chi connectivity index (χ3v) is 4.78. The van der Waals surface area contributed by atoms with Gasteiger partial charge in [0.25, 0.3) is 0 Å². The van der Waals surface area contributed by atoms with Gasteiger partial charge >= 0.3 is 0 Å². The minimum Gasteiger partial charge on any atom is -0.357 e. The molecule has 0 saturated heterocycles. The lowest BCUT2D eigenvalue weighted by Crippen LogP contribution is -2.26. The average molecular weight is 315 g/mol. The Labute approximate surface area is 142 Å². The number of ketones is 1. The SMILES string of the molecule is CC1(C)CC(=O)c2c([nH]c(-c3ccccc3)c2-c2ccccc2)C1. The first-order valence-electron chi connectivity index (χ1n) is 8.44. The predicted octanol–water partition coefficient (Wildman–Crippen LogP) is 5.50. The number of nitrogens with one attached hydrogen (secondary N) is 1. The molecule has 0 atom stereocenters. The van der Waals surface area contributed by atoms with Gasteiger partial charge in [-0.2, -0.15) is 0 Å². The van der Waals surface area contributed by atoms with Crippen molar-refractivity contribution in [3.05, 3.63) is 71.9 Å². The number of H-pyrrole nitrogens is 1. The number of carbonyl (C=O) groups is 1. The van der Waals surface area contributed by atoms with Gasteiger partial charge < -0.3 is 4.98 Å². The summed E-state index contributed by atoms with van der Waals surface area (Å²) in [7, 11) is 0. The fourth-order valence-electron chi connectivity index (χ4n) is 3.77. The highest BCUT2D eigenvalue weighted by molar-refractivity contribution is 6.08. The fourth-order valence-corrected chi connectivity index (χ4v) is 3.77. The summed E-state index contributed by atoms with van der Waals surface area (Å²) in [6.45, 7) is 4.33. The van der Waals surface area contributed by atoms with E-state index < -0.39 is 0 Å². The summed E-state index contributed by atoms with van der Waals surface area (Å²) in [5, 5.41) is 0. The normalized spacial score (nSPS) is 16.0. The van der Waals surface area contributed by atoms with Crippen molar-refractivity contribution in [2.24, 2.45) is 5.41 Å². The lowest BCUT2D eigenvalue weighted by molar-refractivity contribution is 0.0912. The van der Waals surface area contributed by atoms with Gasteiger partial charge in [-0.15, -0.1) is 0 Å². The molecule has 0 aliphatic heterocycles. The standard InChI is InChI=1S/C22H21NO/c1-22(2)13-17-20(18(24)14-22)19(15-9-5-3-6-10-15)21(23-17)16-11-7-4-8-12-16/h3-12,23H,13-14H2,1-2H3. The van der Waals surface area contributed by atoms with Crippen LogP contribution in [-0.4, -0.2) is 10.8 Å². The number of benzene rings is 2. The van der Waals surface area contributed by atoms with Crippen molar-refractivity contribution in [1.82, 2.24) is 4.98 Å². The predicted molar refractivity (Wildman–Crippen MR) is 98.1 cm³/mol. The molecule has 0 saturated carbocycles. The van der Waals surface area contributed by atoms with Gasteiger partial charge in [-0.25, -0.2) is 0 Å². The summed E-state index contributed by atoms with van der Waals surface area (Å²) in [6, 6.07) is 20.5. The molecule has 120 valence electrons. The Balaban J connectivity index is 2.00. The van der Waals surface area contributed by atoms with E-state index >= 15 is 0 Å². The molecular weight excluding hydrogens is 294 g/mol. The Kier molecular flexibility index (Phi) is 3.42. The van der Waals surface area contributed by atoms with Crippen LogP contribution in [0.2, 0.25) is 0 Å². The van der Waals surface area contributed by atoms with Gasteiger partial charge in [-0.05, 0) is 23.0 Å². The van der Waals surface area contributed by atoms with Crippen LogP contribution < -0.4 is 0 Å². The second kappa shape index (κ2) is 5.48. The third-order valence-electron chi connectivity index (χ3n) is 4.78. The molecule has 0 bridgehead atoms. The summed E-state index contributed by atoms with van der Waals surface area (Å²) >= 11 is 0. The van der Waals surface area contributed by atoms with Gasteiger partial charge in [-0.1, -0.05) is 74.5 Å². The molecule has 4 rings (SSSR count). The smallest absolute Gasteiger partial charge is 0.165 e. The van der Waals surface area contributed by atoms with Crippen LogP contribution in [0.15, 0.2) is 60.7 Å². The van der Waals surface area contributed by atoms with Gasteiger partial charge in [0.1, 0.15) is 0 Å². The summed E-state index contributed by atoms with van der Waals surface area (Å²) in [6.07, 6.45) is 1.51. The number of Topliss-reactive ketones (excluding diaryl/α,β-unsaturated/α-hetero) is 1. The maximum absolute atomic E-state index is 12.9. The number of aromatic nitrogens is 1. The van der Waals surface area contributed by atoms with Crippen LogP contribution in [0.5, 0.6) is 0 Å². The highest BCUT2D eigenvalue weighted by atomic mass is 16.1. The zero-order chi connectivity index (χ0) is 16.7. The first-order valence-corrected chi connectivity index (χ1v) is 8.44. The quantitative estimate of drug-likeness (QED) is 0.665. The van der Waals surface area contributed by atoms with E-state index in [4.69, 9.17) is 0 Å². The Hall–Kier alpha value is -2.61. The van der Waals surface area contributed by atoms with Crippen molar-refractivity contribution in [3.8, 4) is 22.4 Å². The van der Waals surface area contributed by atoms with E-state index in [2.05, 4.69) is 43.1 Å². The summed E-state index contributed by atoms with van der Waals surface area (Å²) in [4.78, 5) is 16.5. The lowest BCUT2D eigenvalue weighted by atomic mass is 9.75. The maximum atomic E-state index is 12.9. The second-order valence-electron chi connectivity index (χ2n) is 7.40. The summed E-state index contributed by atoms with van der Waals surface area (Å²) in [5.41, 5.74) is 6.30. The molecule has 0 fully saturated rings. The van der Waals surface area contributed by atoms with Crippen LogP contribution in [-0.2, 0) is 6.42 Å². The van der Waals surface area contributed by atoms with E-state index in [0.717, 1.165) is 40.1 Å². The van der Waals surface area contributed by atoms with Crippen LogP contribution in [0.4, 0.5) is 0 Å². The molecule has 24 heavy (non-hydrogen) atoms. The van der Waals surface area contributed by atoms with Crippen molar-refractivity contribution in [1.29, 1.82) is 0 Å². The molecule has 0 amide bonds. The van der Waals surface area contributed by atoms with Crippen LogP contribution >= 0.6 is 0 Å². The minimum atomic E-state index is 0.0108. The molecular formula is C22H21NO. The van der Waals surface area contributed by atoms with Crippen molar-refractivity contribution < 1.29 is 4.79 Å². The Morgan fingerprint density at radius 2 is 1.38 bits per heavy atom. The van der Waals surface area contributed by atoms with Crippen molar-refractivity contribution >= 4 is 5.78 Å². The molecule has 0 radical (unpaired) electrons. The molecule has 1 heterocycles. The van der Waals surface area contributed by atoms with Crippen LogP contribution in [0.1, 0.15) is 36.3 Å². The lowest BCUT2D eigenvalue weighted by Gasteiger charge is -2.28. The Bertz CT molecular complexity index is 888. The van der Waals surface area contributed by atoms with Crippen LogP contribution in [0.3, 0.4) is 0 Å². The monoisotopic (exact) mass is 315 g/mol. The van der Waals surface area contributed by atoms with E-state index in [9.17, 15) is 4.79 Å². The molecule has 3 aromatic rings. The minimum absolute atomic E-state index is 0.0108. The number of fused-ring (bicyclic) bond motifs is 1. The van der Waals surface area contributed by atoms with E-state index in [1.54, 1.807) is 0 Å². The summed E-state index contributed by atoms with van der Waals surface area (Å²) in [5.74, 6) is 0.249. The Morgan fingerprint density at radius 1 is 0.792 bits per heavy atom. The fraction of sp³-hybridized carbons (Fsp3) is 0.227. The van der Waals surface area contributed by atoms with Gasteiger partial charge in [0.15, 0.2) is 5.78 Å². The highest BCUT2D eigenvalue weighted by Crippen LogP contribution is 2.43. The number of hydrogen-bond acceptors (Lipinski definition) is 1. The van der Waals surface area contributed by atoms with Gasteiger partial charge in [0, 0.05) is 23.2 Å². The zero-order valence-electron chi connectivity index (χ0n) is 14.1. The van der Waals surface area contributed by atoms with E-state index in [1.807, 2.05) is 36.4 Å². The third kappa shape index (κ3) is 2.48. The van der Waals surface area contributed by atoms with Crippen molar-refractivity contribution in [2.45, 2.75) is 26.7 Å². The van der Waals surface area contributed by atoms with Crippen LogP contribution in [0, 0.1) is 5.41 Å². The van der Waals surface area contributed by atoms with E-state index in [1.165, 1.54) is 0 Å². The molecule has 1 aliphatic rings. The van der Waals surface area contributed by atoms with Crippen molar-refractivity contribution in [3.63, 3.8) is 0 Å².